The van der Waals surface area contributed by atoms with Crippen LogP contribution < -0.4 is 11.2 Å². The molecule has 0 fully saturated rings. The number of anilines is 1. The highest BCUT2D eigenvalue weighted by molar-refractivity contribution is 6.58. The first-order valence-electron chi connectivity index (χ1n) is 3.50. The standard InChI is InChI=1S/C7H8BNO4.3H2/c9-6-2-4(7(10)11)1-5(3-6)8(12)13;;;/h1-3,12-13H,9H2,(H,10,11);3*1H. The molecule has 0 bridgehead atoms. The molecule has 0 aliphatic carbocycles. The van der Waals surface area contributed by atoms with Gasteiger partial charge in [0.2, 0.25) is 0 Å². The van der Waals surface area contributed by atoms with Crippen molar-refractivity contribution in [2.75, 3.05) is 5.73 Å². The van der Waals surface area contributed by atoms with E-state index in [9.17, 15) is 4.79 Å². The van der Waals surface area contributed by atoms with Gasteiger partial charge < -0.3 is 20.9 Å². The van der Waals surface area contributed by atoms with E-state index in [0.29, 0.717) is 0 Å². The summed E-state index contributed by atoms with van der Waals surface area (Å²) in [5.74, 6) is -1.16. The second-order valence-corrected chi connectivity index (χ2v) is 2.57. The van der Waals surface area contributed by atoms with Gasteiger partial charge in [-0.3, -0.25) is 0 Å². The summed E-state index contributed by atoms with van der Waals surface area (Å²) in [5, 5.41) is 26.1. The zero-order valence-electron chi connectivity index (χ0n) is 6.64. The van der Waals surface area contributed by atoms with E-state index in [1.807, 2.05) is 0 Å². The van der Waals surface area contributed by atoms with Crippen LogP contribution >= 0.6 is 0 Å². The summed E-state index contributed by atoms with van der Waals surface area (Å²) < 4.78 is 0. The molecule has 5 N–H and O–H groups in total. The summed E-state index contributed by atoms with van der Waals surface area (Å²) in [6.07, 6.45) is 0. The first-order chi connectivity index (χ1) is 6.00. The molecule has 0 radical (unpaired) electrons. The molecule has 0 spiro atoms. The Kier molecular flexibility index (Phi) is 2.55. The molecular formula is C7H14BNO4. The lowest BCUT2D eigenvalue weighted by Gasteiger charge is -2.02. The van der Waals surface area contributed by atoms with Crippen LogP contribution in [0.4, 0.5) is 5.69 Å². The predicted octanol–water partition coefficient (Wildman–Crippen LogP) is -0.615. The number of rotatable bonds is 2. The van der Waals surface area contributed by atoms with Crippen LogP contribution in [0.15, 0.2) is 18.2 Å². The third-order valence-corrected chi connectivity index (χ3v) is 1.52. The Labute approximate surface area is 79.0 Å². The summed E-state index contributed by atoms with van der Waals surface area (Å²) in [4.78, 5) is 10.5. The highest BCUT2D eigenvalue weighted by Crippen LogP contribution is 2.04. The minimum atomic E-state index is -1.71. The van der Waals surface area contributed by atoms with E-state index in [2.05, 4.69) is 0 Å². The van der Waals surface area contributed by atoms with Crippen LogP contribution in [0.5, 0.6) is 0 Å². The van der Waals surface area contributed by atoms with E-state index >= 15 is 0 Å². The first-order valence-corrected chi connectivity index (χ1v) is 3.50. The number of aromatic carboxylic acids is 1. The number of hydrogen-bond acceptors (Lipinski definition) is 4. The molecule has 74 valence electrons. The van der Waals surface area contributed by atoms with Crippen molar-refractivity contribution in [1.29, 1.82) is 0 Å². The monoisotopic (exact) mass is 187 g/mol. The highest BCUT2D eigenvalue weighted by Gasteiger charge is 2.14. The number of benzene rings is 1. The number of carboxylic acid groups (broad SMARTS) is 1. The van der Waals surface area contributed by atoms with Gasteiger partial charge in [-0.05, 0) is 23.7 Å². The number of nitrogen functional groups attached to an aromatic ring is 1. The van der Waals surface area contributed by atoms with Crippen molar-refractivity contribution >= 4 is 24.2 Å². The van der Waals surface area contributed by atoms with Gasteiger partial charge in [0, 0.05) is 9.97 Å². The molecular weight excluding hydrogens is 173 g/mol. The van der Waals surface area contributed by atoms with E-state index in [1.54, 1.807) is 0 Å². The average Bonchev–Trinajstić information content (AvgIpc) is 2.03. The van der Waals surface area contributed by atoms with Crippen LogP contribution in [0.1, 0.15) is 14.6 Å². The van der Waals surface area contributed by atoms with Gasteiger partial charge in [0.05, 0.1) is 5.56 Å². The zero-order valence-corrected chi connectivity index (χ0v) is 6.64. The minimum Gasteiger partial charge on any atom is -0.478 e. The Balaban J connectivity index is -0.000000563. The fourth-order valence-corrected chi connectivity index (χ4v) is 0.949. The van der Waals surface area contributed by atoms with Gasteiger partial charge in [-0.15, -0.1) is 0 Å². The van der Waals surface area contributed by atoms with Crippen molar-refractivity contribution < 1.29 is 24.2 Å². The van der Waals surface area contributed by atoms with E-state index in [1.165, 1.54) is 12.1 Å². The molecule has 0 atom stereocenters. The lowest BCUT2D eigenvalue weighted by atomic mass is 9.79. The van der Waals surface area contributed by atoms with Gasteiger partial charge in [0.15, 0.2) is 0 Å². The van der Waals surface area contributed by atoms with Crippen LogP contribution in [-0.2, 0) is 0 Å². The van der Waals surface area contributed by atoms with Gasteiger partial charge in [-0.1, -0.05) is 0 Å². The highest BCUT2D eigenvalue weighted by atomic mass is 16.4. The molecule has 0 aliphatic rings. The lowest BCUT2D eigenvalue weighted by Crippen LogP contribution is -2.30. The number of carbonyl (C=O) groups is 1. The summed E-state index contributed by atoms with van der Waals surface area (Å²) in [7, 11) is -1.71. The van der Waals surface area contributed by atoms with Gasteiger partial charge in [0.1, 0.15) is 0 Å². The van der Waals surface area contributed by atoms with Crippen LogP contribution in [0, 0.1) is 0 Å². The Hall–Kier alpha value is -1.53. The Bertz CT molecular complexity index is 350. The van der Waals surface area contributed by atoms with Crippen LogP contribution in [0.3, 0.4) is 0 Å². The molecule has 1 aromatic rings. The molecule has 13 heavy (non-hydrogen) atoms. The Morgan fingerprint density at radius 2 is 2.00 bits per heavy atom. The SMILES string of the molecule is Nc1cc(B(O)O)cc(C(=O)O)c1.[HH].[HH].[HH]. The number of hydrogen-bond donors (Lipinski definition) is 4. The molecule has 6 heteroatoms. The van der Waals surface area contributed by atoms with Gasteiger partial charge in [-0.25, -0.2) is 4.79 Å². The largest absolute Gasteiger partial charge is 0.488 e. The smallest absolute Gasteiger partial charge is 0.478 e. The van der Waals surface area contributed by atoms with Gasteiger partial charge >= 0.3 is 13.1 Å². The number of nitrogens with two attached hydrogens (primary N) is 1. The van der Waals surface area contributed by atoms with Crippen molar-refractivity contribution in [3.05, 3.63) is 23.8 Å². The fraction of sp³-hybridized carbons (Fsp3) is 0. The van der Waals surface area contributed by atoms with Gasteiger partial charge in [0.25, 0.3) is 0 Å². The second-order valence-electron chi connectivity index (χ2n) is 2.57. The Morgan fingerprint density at radius 1 is 1.38 bits per heavy atom. The topological polar surface area (TPSA) is 104 Å². The van der Waals surface area contributed by atoms with Crippen LogP contribution in [-0.4, -0.2) is 28.2 Å². The maximum absolute atomic E-state index is 10.5. The minimum absolute atomic E-state index is 0. The average molecular weight is 187 g/mol. The number of carboxylic acids is 1. The van der Waals surface area contributed by atoms with Crippen molar-refractivity contribution in [1.82, 2.24) is 0 Å². The van der Waals surface area contributed by atoms with E-state index < -0.39 is 13.1 Å². The van der Waals surface area contributed by atoms with Crippen molar-refractivity contribution in [3.63, 3.8) is 0 Å². The normalized spacial score (nSPS) is 9.69. The zero-order chi connectivity index (χ0) is 10.0. The summed E-state index contributed by atoms with van der Waals surface area (Å²) in [5.41, 5.74) is 5.53. The second kappa shape index (κ2) is 3.46. The molecule has 0 aromatic heterocycles. The molecule has 0 amide bonds. The van der Waals surface area contributed by atoms with Crippen molar-refractivity contribution in [2.45, 2.75) is 0 Å². The van der Waals surface area contributed by atoms with Crippen molar-refractivity contribution in [2.24, 2.45) is 0 Å². The third-order valence-electron chi connectivity index (χ3n) is 1.52. The molecule has 5 nitrogen and oxygen atoms in total. The van der Waals surface area contributed by atoms with E-state index in [-0.39, 0.29) is 21.0 Å². The molecule has 0 aliphatic heterocycles. The molecule has 1 aromatic carbocycles. The van der Waals surface area contributed by atoms with E-state index in [4.69, 9.17) is 20.9 Å². The summed E-state index contributed by atoms with van der Waals surface area (Å²) >= 11 is 0. The van der Waals surface area contributed by atoms with Crippen LogP contribution in [0.25, 0.3) is 0 Å². The van der Waals surface area contributed by atoms with Crippen LogP contribution in [0.2, 0.25) is 0 Å². The molecule has 0 heterocycles. The molecule has 0 saturated carbocycles. The van der Waals surface area contributed by atoms with Crippen molar-refractivity contribution in [3.8, 4) is 0 Å². The van der Waals surface area contributed by atoms with Gasteiger partial charge in [-0.2, -0.15) is 0 Å². The Morgan fingerprint density at radius 3 is 2.46 bits per heavy atom. The maximum atomic E-state index is 10.5. The van der Waals surface area contributed by atoms with E-state index in [0.717, 1.165) is 6.07 Å². The first kappa shape index (κ1) is 9.56. The predicted molar refractivity (Wildman–Crippen MR) is 54.0 cm³/mol. The quantitative estimate of drug-likeness (QED) is 0.365. The lowest BCUT2D eigenvalue weighted by molar-refractivity contribution is 0.0697. The molecule has 1 rings (SSSR count). The summed E-state index contributed by atoms with van der Waals surface area (Å²) in [6, 6.07) is 3.70. The maximum Gasteiger partial charge on any atom is 0.488 e. The third kappa shape index (κ3) is 2.20. The molecule has 0 unspecified atom stereocenters. The fourth-order valence-electron chi connectivity index (χ4n) is 0.949. The molecule has 0 saturated heterocycles. The summed E-state index contributed by atoms with van der Waals surface area (Å²) in [6.45, 7) is 0.